The lowest BCUT2D eigenvalue weighted by Crippen LogP contribution is -2.26. The van der Waals surface area contributed by atoms with Crippen LogP contribution in [0.5, 0.6) is 0 Å². The van der Waals surface area contributed by atoms with Crippen LogP contribution in [0.1, 0.15) is 13.3 Å². The van der Waals surface area contributed by atoms with E-state index in [1.54, 1.807) is 19.1 Å². The average molecular weight is 314 g/mol. The first-order chi connectivity index (χ1) is 6.92. The Labute approximate surface area is 102 Å². The molecule has 15 heavy (non-hydrogen) atoms. The maximum absolute atomic E-state index is 11.6. The van der Waals surface area contributed by atoms with Crippen LogP contribution in [0.15, 0.2) is 20.1 Å². The summed E-state index contributed by atoms with van der Waals surface area (Å²) in [4.78, 5) is 0. The molecule has 0 aliphatic carbocycles. The smallest absolute Gasteiger partial charge is 0.250 e. The van der Waals surface area contributed by atoms with Crippen molar-refractivity contribution in [2.24, 2.45) is 0 Å². The van der Waals surface area contributed by atoms with Crippen LogP contribution < -0.4 is 4.72 Å². The summed E-state index contributed by atoms with van der Waals surface area (Å²) in [5.74, 6) is 0. The third kappa shape index (κ3) is 4.20. The van der Waals surface area contributed by atoms with Gasteiger partial charge in [0.2, 0.25) is 10.0 Å². The van der Waals surface area contributed by atoms with Crippen LogP contribution in [0, 0.1) is 0 Å². The molecular weight excluding hydrogens is 302 g/mol. The van der Waals surface area contributed by atoms with Gasteiger partial charge in [0.15, 0.2) is 0 Å². The second-order valence-electron chi connectivity index (χ2n) is 3.09. The molecule has 0 fully saturated rings. The Bertz CT molecular complexity index is 413. The second-order valence-corrected chi connectivity index (χ2v) is 7.55. The van der Waals surface area contributed by atoms with E-state index in [0.29, 0.717) is 6.42 Å². The van der Waals surface area contributed by atoms with E-state index in [4.69, 9.17) is 5.11 Å². The van der Waals surface area contributed by atoms with Gasteiger partial charge >= 0.3 is 0 Å². The number of hydrogen-bond donors (Lipinski definition) is 2. The molecule has 2 N–H and O–H groups in total. The molecule has 0 aliphatic rings. The van der Waals surface area contributed by atoms with Crippen molar-refractivity contribution in [3.8, 4) is 0 Å². The molecule has 1 heterocycles. The Hall–Kier alpha value is 0.0500. The van der Waals surface area contributed by atoms with Crippen molar-refractivity contribution >= 4 is 37.3 Å². The molecule has 7 heteroatoms. The summed E-state index contributed by atoms with van der Waals surface area (Å²) in [5.41, 5.74) is 0. The summed E-state index contributed by atoms with van der Waals surface area (Å²) in [6, 6.07) is 3.23. The second kappa shape index (κ2) is 5.40. The van der Waals surface area contributed by atoms with Gasteiger partial charge in [-0.2, -0.15) is 0 Å². The molecule has 0 radical (unpaired) electrons. The van der Waals surface area contributed by atoms with E-state index in [1.165, 1.54) is 0 Å². The van der Waals surface area contributed by atoms with Gasteiger partial charge in [-0.1, -0.05) is 0 Å². The van der Waals surface area contributed by atoms with Crippen LogP contribution >= 0.6 is 27.3 Å². The van der Waals surface area contributed by atoms with E-state index in [-0.39, 0.29) is 10.8 Å². The largest absolute Gasteiger partial charge is 0.393 e. The lowest BCUT2D eigenvalue weighted by Gasteiger charge is -2.05. The van der Waals surface area contributed by atoms with Crippen LogP contribution in [0.2, 0.25) is 0 Å². The summed E-state index contributed by atoms with van der Waals surface area (Å²) < 4.78 is 26.7. The first-order valence-electron chi connectivity index (χ1n) is 4.35. The quantitative estimate of drug-likeness (QED) is 0.867. The zero-order valence-electron chi connectivity index (χ0n) is 8.10. The van der Waals surface area contributed by atoms with Crippen molar-refractivity contribution in [2.45, 2.75) is 23.7 Å². The van der Waals surface area contributed by atoms with Crippen molar-refractivity contribution in [3.63, 3.8) is 0 Å². The molecule has 1 atom stereocenters. The highest BCUT2D eigenvalue weighted by molar-refractivity contribution is 9.11. The van der Waals surface area contributed by atoms with Crippen molar-refractivity contribution in [1.82, 2.24) is 4.72 Å². The Morgan fingerprint density at radius 1 is 1.60 bits per heavy atom. The highest BCUT2D eigenvalue weighted by Crippen LogP contribution is 2.25. The predicted octanol–water partition coefficient (Wildman–Crippen LogP) is 1.56. The number of aliphatic hydroxyl groups is 1. The standard InChI is InChI=1S/C8H12BrNO3S2/c1-6(11)4-5-10-15(12,13)8-3-2-7(9)14-8/h2-3,6,10-11H,4-5H2,1H3. The first kappa shape index (κ1) is 13.1. The fourth-order valence-corrected chi connectivity index (χ4v) is 4.02. The minimum absolute atomic E-state index is 0.246. The molecule has 4 nitrogen and oxygen atoms in total. The summed E-state index contributed by atoms with van der Waals surface area (Å²) >= 11 is 4.36. The summed E-state index contributed by atoms with van der Waals surface area (Å²) in [7, 11) is -3.41. The highest BCUT2D eigenvalue weighted by atomic mass is 79.9. The van der Waals surface area contributed by atoms with E-state index in [1.807, 2.05) is 0 Å². The van der Waals surface area contributed by atoms with Crippen molar-refractivity contribution < 1.29 is 13.5 Å². The van der Waals surface area contributed by atoms with Crippen LogP contribution in [-0.2, 0) is 10.0 Å². The van der Waals surface area contributed by atoms with Crippen molar-refractivity contribution in [2.75, 3.05) is 6.54 Å². The van der Waals surface area contributed by atoms with Crippen LogP contribution in [0.3, 0.4) is 0 Å². The Kier molecular flexibility index (Phi) is 4.72. The molecule has 1 rings (SSSR count). The molecule has 0 saturated carbocycles. The van der Waals surface area contributed by atoms with E-state index in [2.05, 4.69) is 20.7 Å². The number of rotatable bonds is 5. The molecule has 1 unspecified atom stereocenters. The minimum atomic E-state index is -3.41. The van der Waals surface area contributed by atoms with Crippen LogP contribution in [0.25, 0.3) is 0 Å². The highest BCUT2D eigenvalue weighted by Gasteiger charge is 2.15. The molecule has 86 valence electrons. The number of halogens is 1. The van der Waals surface area contributed by atoms with Gasteiger partial charge < -0.3 is 5.11 Å². The number of nitrogens with one attached hydrogen (secondary N) is 1. The Balaban J connectivity index is 2.60. The zero-order chi connectivity index (χ0) is 11.5. The van der Waals surface area contributed by atoms with Crippen LogP contribution in [-0.4, -0.2) is 26.2 Å². The third-order valence-electron chi connectivity index (χ3n) is 1.67. The summed E-state index contributed by atoms with van der Waals surface area (Å²) in [5, 5.41) is 8.98. The molecule has 0 spiro atoms. The topological polar surface area (TPSA) is 66.4 Å². The molecule has 0 saturated heterocycles. The maximum Gasteiger partial charge on any atom is 0.250 e. The summed E-state index contributed by atoms with van der Waals surface area (Å²) in [6.07, 6.45) is -0.0889. The first-order valence-corrected chi connectivity index (χ1v) is 7.44. The molecule has 1 aromatic heterocycles. The maximum atomic E-state index is 11.6. The zero-order valence-corrected chi connectivity index (χ0v) is 11.3. The molecular formula is C8H12BrNO3S2. The molecule has 1 aromatic rings. The number of aliphatic hydroxyl groups excluding tert-OH is 1. The summed E-state index contributed by atoms with van der Waals surface area (Å²) in [6.45, 7) is 1.87. The van der Waals surface area contributed by atoms with Gasteiger partial charge in [0.25, 0.3) is 0 Å². The average Bonchev–Trinajstić information content (AvgIpc) is 2.51. The van der Waals surface area contributed by atoms with Crippen molar-refractivity contribution in [3.05, 3.63) is 15.9 Å². The Morgan fingerprint density at radius 2 is 2.27 bits per heavy atom. The normalized spacial score (nSPS) is 14.1. The lowest BCUT2D eigenvalue weighted by molar-refractivity contribution is 0.186. The molecule has 0 amide bonds. The van der Waals surface area contributed by atoms with Gasteiger partial charge in [0, 0.05) is 6.54 Å². The monoisotopic (exact) mass is 313 g/mol. The number of thiophene rings is 1. The van der Waals surface area contributed by atoms with Gasteiger partial charge in [-0.25, -0.2) is 13.1 Å². The van der Waals surface area contributed by atoms with E-state index >= 15 is 0 Å². The van der Waals surface area contributed by atoms with Gasteiger partial charge in [-0.05, 0) is 41.4 Å². The van der Waals surface area contributed by atoms with E-state index in [0.717, 1.165) is 15.1 Å². The third-order valence-corrected chi connectivity index (χ3v) is 5.24. The lowest BCUT2D eigenvalue weighted by atomic mass is 10.3. The van der Waals surface area contributed by atoms with E-state index < -0.39 is 16.1 Å². The number of sulfonamides is 1. The molecule has 0 aromatic carbocycles. The van der Waals surface area contributed by atoms with Gasteiger partial charge in [-0.3, -0.25) is 0 Å². The Morgan fingerprint density at radius 3 is 2.73 bits per heavy atom. The van der Waals surface area contributed by atoms with Gasteiger partial charge in [0.1, 0.15) is 4.21 Å². The van der Waals surface area contributed by atoms with Crippen molar-refractivity contribution in [1.29, 1.82) is 0 Å². The molecule has 0 bridgehead atoms. The van der Waals surface area contributed by atoms with Crippen LogP contribution in [0.4, 0.5) is 0 Å². The fraction of sp³-hybridized carbons (Fsp3) is 0.500. The SMILES string of the molecule is CC(O)CCNS(=O)(=O)c1ccc(Br)s1. The van der Waals surface area contributed by atoms with Gasteiger partial charge in [-0.15, -0.1) is 11.3 Å². The fourth-order valence-electron chi connectivity index (χ4n) is 0.915. The predicted molar refractivity (Wildman–Crippen MR) is 63.5 cm³/mol. The number of hydrogen-bond acceptors (Lipinski definition) is 4. The molecule has 0 aliphatic heterocycles. The van der Waals surface area contributed by atoms with Gasteiger partial charge in [0.05, 0.1) is 9.89 Å². The minimum Gasteiger partial charge on any atom is -0.393 e. The van der Waals surface area contributed by atoms with E-state index in [9.17, 15) is 8.42 Å².